The maximum absolute atomic E-state index is 3.36. The third-order valence-electron chi connectivity index (χ3n) is 5.42. The highest BCUT2D eigenvalue weighted by molar-refractivity contribution is 5.14. The molecule has 0 spiro atoms. The Kier molecular flexibility index (Phi) is 31.9. The molecule has 4 rings (SSSR count). The molecule has 3 saturated heterocycles. The minimum Gasteiger partial charge on any atom is -0.317 e. The fourth-order valence-electron chi connectivity index (χ4n) is 3.76. The molecule has 0 amide bonds. The third kappa shape index (κ3) is 37.0. The fraction of sp³-hybridized carbons (Fsp3) is 0.829. The smallest absolute Gasteiger partial charge is 0.0234 e. The summed E-state index contributed by atoms with van der Waals surface area (Å²) in [5, 5.41) is 9.98. The van der Waals surface area contributed by atoms with E-state index in [0.29, 0.717) is 0 Å². The van der Waals surface area contributed by atoms with Gasteiger partial charge in [0.2, 0.25) is 0 Å². The van der Waals surface area contributed by atoms with Crippen LogP contribution in [-0.4, -0.2) is 81.8 Å². The predicted molar refractivity (Wildman–Crippen MR) is 182 cm³/mol. The van der Waals surface area contributed by atoms with E-state index in [2.05, 4.69) is 125 Å². The van der Waals surface area contributed by atoms with Crippen molar-refractivity contribution >= 4 is 0 Å². The summed E-state index contributed by atoms with van der Waals surface area (Å²) in [5.74, 6) is 2.50. The summed E-state index contributed by atoms with van der Waals surface area (Å²) in [4.78, 5) is 5.00. The van der Waals surface area contributed by atoms with Crippen LogP contribution in [0.25, 0.3) is 0 Å². The van der Waals surface area contributed by atoms with Crippen molar-refractivity contribution in [3.63, 3.8) is 0 Å². The van der Waals surface area contributed by atoms with E-state index in [-0.39, 0.29) is 0 Å². The van der Waals surface area contributed by atoms with Crippen molar-refractivity contribution in [3.8, 4) is 0 Å². The summed E-state index contributed by atoms with van der Waals surface area (Å²) < 4.78 is 0. The van der Waals surface area contributed by atoms with Crippen molar-refractivity contribution in [1.82, 2.24) is 25.8 Å². The Morgan fingerprint density at radius 3 is 1.25 bits per heavy atom. The molecule has 5 nitrogen and oxygen atoms in total. The molecule has 40 heavy (non-hydrogen) atoms. The van der Waals surface area contributed by atoms with Gasteiger partial charge in [-0.2, -0.15) is 0 Å². The molecule has 3 fully saturated rings. The van der Waals surface area contributed by atoms with Crippen molar-refractivity contribution in [3.05, 3.63) is 35.9 Å². The van der Waals surface area contributed by atoms with Gasteiger partial charge in [-0.15, -0.1) is 0 Å². The molecule has 0 atom stereocenters. The topological polar surface area (TPSA) is 42.6 Å². The van der Waals surface area contributed by atoms with Crippen molar-refractivity contribution in [2.45, 2.75) is 101 Å². The Morgan fingerprint density at radius 2 is 0.925 bits per heavy atom. The molecule has 5 heteroatoms. The predicted octanol–water partition coefficient (Wildman–Crippen LogP) is 7.14. The molecule has 0 radical (unpaired) electrons. The van der Waals surface area contributed by atoms with E-state index < -0.39 is 0 Å². The van der Waals surface area contributed by atoms with Crippen LogP contribution in [-0.2, 0) is 6.54 Å². The standard InChI is InChI=1S/C11H16N2.C7H16N2.C5H11N.3C4H10/c1-2-4-11(5-3-1)10-13-8-6-12-7-9-13;1-2-5-9-6-3-8-4-7-9;1-2-4-6-5-3-1;3*1-4(2)3/h1-5,12H,6-10H2;8H,2-7H2,1H3;6H,1-5H2;3*4H,1-3H3. The van der Waals surface area contributed by atoms with Crippen LogP contribution in [0.2, 0.25) is 0 Å². The lowest BCUT2D eigenvalue weighted by molar-refractivity contribution is 0.233. The molecular weight excluding hydrogens is 490 g/mol. The van der Waals surface area contributed by atoms with Crippen LogP contribution in [0.15, 0.2) is 30.3 Å². The number of piperidine rings is 1. The van der Waals surface area contributed by atoms with Gasteiger partial charge in [0.15, 0.2) is 0 Å². The summed E-state index contributed by atoms with van der Waals surface area (Å²) in [6.07, 6.45) is 5.51. The summed E-state index contributed by atoms with van der Waals surface area (Å²) in [7, 11) is 0. The number of nitrogens with one attached hydrogen (secondary N) is 3. The Hall–Kier alpha value is -0.980. The second kappa shape index (κ2) is 31.0. The number of rotatable bonds is 4. The Labute approximate surface area is 252 Å². The van der Waals surface area contributed by atoms with Gasteiger partial charge in [0.25, 0.3) is 0 Å². The summed E-state index contributed by atoms with van der Waals surface area (Å²) in [5.41, 5.74) is 1.42. The monoisotopic (exact) mass is 564 g/mol. The molecule has 0 aliphatic carbocycles. The summed E-state index contributed by atoms with van der Waals surface area (Å²) in [6, 6.07) is 10.7. The van der Waals surface area contributed by atoms with Crippen molar-refractivity contribution < 1.29 is 0 Å². The lowest BCUT2D eigenvalue weighted by atomic mass is 10.2. The first-order valence-corrected chi connectivity index (χ1v) is 16.7. The molecule has 3 aliphatic rings. The third-order valence-corrected chi connectivity index (χ3v) is 5.42. The minimum absolute atomic E-state index is 0.833. The van der Waals surface area contributed by atoms with Crippen molar-refractivity contribution in [1.29, 1.82) is 0 Å². The van der Waals surface area contributed by atoms with Crippen LogP contribution < -0.4 is 16.0 Å². The average Bonchev–Trinajstić information content (AvgIpc) is 2.92. The largest absolute Gasteiger partial charge is 0.317 e. The zero-order valence-corrected chi connectivity index (χ0v) is 28.8. The summed E-state index contributed by atoms with van der Waals surface area (Å²) >= 11 is 0. The van der Waals surface area contributed by atoms with Gasteiger partial charge in [0, 0.05) is 58.9 Å². The highest BCUT2D eigenvalue weighted by atomic mass is 15.2. The quantitative estimate of drug-likeness (QED) is 0.363. The van der Waals surface area contributed by atoms with E-state index >= 15 is 0 Å². The van der Waals surface area contributed by atoms with E-state index in [0.717, 1.165) is 37.4 Å². The zero-order valence-electron chi connectivity index (χ0n) is 28.8. The van der Waals surface area contributed by atoms with Crippen LogP contribution in [0.5, 0.6) is 0 Å². The van der Waals surface area contributed by atoms with Crippen LogP contribution in [0.3, 0.4) is 0 Å². The molecule has 0 bridgehead atoms. The van der Waals surface area contributed by atoms with E-state index in [9.17, 15) is 0 Å². The van der Waals surface area contributed by atoms with Crippen LogP contribution >= 0.6 is 0 Å². The van der Waals surface area contributed by atoms with Gasteiger partial charge in [-0.3, -0.25) is 4.90 Å². The van der Waals surface area contributed by atoms with Gasteiger partial charge in [0.1, 0.15) is 0 Å². The minimum atomic E-state index is 0.833. The van der Waals surface area contributed by atoms with Crippen LogP contribution in [0.1, 0.15) is 100 Å². The maximum Gasteiger partial charge on any atom is 0.0234 e. The van der Waals surface area contributed by atoms with Crippen molar-refractivity contribution in [2.24, 2.45) is 17.8 Å². The Morgan fingerprint density at radius 1 is 0.550 bits per heavy atom. The number of hydrogen-bond acceptors (Lipinski definition) is 5. The van der Waals surface area contributed by atoms with E-state index in [1.807, 2.05) is 0 Å². The van der Waals surface area contributed by atoms with E-state index in [1.54, 1.807) is 0 Å². The normalized spacial score (nSPS) is 17.4. The average molecular weight is 564 g/mol. The first-order chi connectivity index (χ1) is 19.1. The van der Waals surface area contributed by atoms with Crippen molar-refractivity contribution in [2.75, 3.05) is 72.0 Å². The van der Waals surface area contributed by atoms with E-state index in [4.69, 9.17) is 0 Å². The van der Waals surface area contributed by atoms with Crippen LogP contribution in [0, 0.1) is 17.8 Å². The first kappa shape index (κ1) is 41.2. The molecule has 3 N–H and O–H groups in total. The van der Waals surface area contributed by atoms with Crippen LogP contribution in [0.4, 0.5) is 0 Å². The summed E-state index contributed by atoms with van der Waals surface area (Å²) in [6.45, 7) is 36.1. The molecule has 3 aliphatic heterocycles. The van der Waals surface area contributed by atoms with Gasteiger partial charge in [-0.25, -0.2) is 0 Å². The number of hydrogen-bond donors (Lipinski definition) is 3. The van der Waals surface area contributed by atoms with E-state index in [1.165, 1.54) is 90.1 Å². The zero-order chi connectivity index (χ0) is 30.4. The number of benzene rings is 1. The molecule has 0 aromatic heterocycles. The molecule has 1 aromatic carbocycles. The maximum atomic E-state index is 3.36. The first-order valence-electron chi connectivity index (χ1n) is 16.7. The second-order valence-corrected chi connectivity index (χ2v) is 13.1. The van der Waals surface area contributed by atoms with Gasteiger partial charge in [-0.1, -0.05) is 106 Å². The molecule has 1 aromatic rings. The number of nitrogens with zero attached hydrogens (tertiary/aromatic N) is 2. The number of piperazine rings is 2. The second-order valence-electron chi connectivity index (χ2n) is 13.1. The Bertz CT molecular complexity index is 538. The lowest BCUT2D eigenvalue weighted by Gasteiger charge is -2.27. The molecule has 0 saturated carbocycles. The SMILES string of the molecule is C1CCNCC1.CC(C)C.CC(C)C.CC(C)C.CCCN1CCNCC1.c1ccc(CN2CCNCC2)cc1. The van der Waals surface area contributed by atoms with Gasteiger partial charge in [0.05, 0.1) is 0 Å². The Balaban J connectivity index is 0. The molecule has 238 valence electrons. The molecule has 0 unspecified atom stereocenters. The molecular formula is C35H73N5. The molecule has 3 heterocycles. The lowest BCUT2D eigenvalue weighted by Crippen LogP contribution is -2.43. The fourth-order valence-corrected chi connectivity index (χ4v) is 3.76. The van der Waals surface area contributed by atoms with Gasteiger partial charge < -0.3 is 20.9 Å². The highest BCUT2D eigenvalue weighted by Crippen LogP contribution is 2.04. The van der Waals surface area contributed by atoms with Gasteiger partial charge in [-0.05, 0) is 62.2 Å². The van der Waals surface area contributed by atoms with Gasteiger partial charge >= 0.3 is 0 Å². The highest BCUT2D eigenvalue weighted by Gasteiger charge is 2.09.